The first kappa shape index (κ1) is 14.5. The number of benzene rings is 1. The zero-order valence-electron chi connectivity index (χ0n) is 11.8. The number of ether oxygens (including phenoxy) is 2. The van der Waals surface area contributed by atoms with E-state index in [0.29, 0.717) is 10.7 Å². The normalized spacial score (nSPS) is 15.7. The summed E-state index contributed by atoms with van der Waals surface area (Å²) in [6.45, 7) is 3.07. The van der Waals surface area contributed by atoms with Crippen LogP contribution in [0, 0.1) is 0 Å². The van der Waals surface area contributed by atoms with Gasteiger partial charge >= 0.3 is 5.97 Å². The lowest BCUT2D eigenvalue weighted by Crippen LogP contribution is -2.40. The van der Waals surface area contributed by atoms with Crippen LogP contribution in [0.15, 0.2) is 35.1 Å². The molecule has 0 aliphatic carbocycles. The molecule has 2 heterocycles. The van der Waals surface area contributed by atoms with E-state index in [1.807, 2.05) is 0 Å². The van der Waals surface area contributed by atoms with Crippen LogP contribution in [-0.4, -0.2) is 21.4 Å². The maximum absolute atomic E-state index is 12.3. The highest BCUT2D eigenvalue weighted by molar-refractivity contribution is 6.30. The van der Waals surface area contributed by atoms with Crippen LogP contribution in [0.25, 0.3) is 5.69 Å². The molecule has 1 N–H and O–H groups in total. The van der Waals surface area contributed by atoms with Crippen LogP contribution in [0.2, 0.25) is 5.02 Å². The van der Waals surface area contributed by atoms with Crippen molar-refractivity contribution in [3.63, 3.8) is 0 Å². The number of carbonyl (C=O) groups is 1. The van der Waals surface area contributed by atoms with Gasteiger partial charge in [-0.1, -0.05) is 11.6 Å². The van der Waals surface area contributed by atoms with Gasteiger partial charge in [0.1, 0.15) is 5.75 Å². The van der Waals surface area contributed by atoms with Crippen LogP contribution in [-0.2, 0) is 4.74 Å². The molecule has 22 heavy (non-hydrogen) atoms. The smallest absolute Gasteiger partial charge is 0.350 e. The number of aromatic nitrogens is 1. The lowest BCUT2D eigenvalue weighted by atomic mass is 10.2. The molecule has 0 bridgehead atoms. The van der Waals surface area contributed by atoms with Gasteiger partial charge in [0, 0.05) is 24.9 Å². The largest absolute Gasteiger partial charge is 0.493 e. The number of cyclic esters (lactones) is 1. The number of hydrogen-bond acceptors (Lipinski definition) is 5. The summed E-state index contributed by atoms with van der Waals surface area (Å²) >= 11 is 5.80. The van der Waals surface area contributed by atoms with Crippen molar-refractivity contribution in [1.29, 1.82) is 0 Å². The van der Waals surface area contributed by atoms with Crippen molar-refractivity contribution in [3.05, 3.63) is 51.3 Å². The van der Waals surface area contributed by atoms with E-state index in [1.54, 1.807) is 24.3 Å². The Morgan fingerprint density at radius 3 is 2.41 bits per heavy atom. The topological polar surface area (TPSA) is 77.8 Å². The third-order valence-electron chi connectivity index (χ3n) is 3.14. The Labute approximate surface area is 130 Å². The molecular weight excluding hydrogens is 310 g/mol. The van der Waals surface area contributed by atoms with E-state index in [1.165, 1.54) is 13.8 Å². The number of halogens is 1. The van der Waals surface area contributed by atoms with Crippen molar-refractivity contribution in [1.82, 2.24) is 4.57 Å². The highest BCUT2D eigenvalue weighted by Crippen LogP contribution is 2.35. The standard InChI is InChI=1S/C15H12ClNO5/c1-15(2)21-10-7-11(18)17(9-5-3-8(16)4-6-9)13(19)12(10)14(20)22-15/h3-7,19H,1-2H3. The minimum absolute atomic E-state index is 0.00559. The van der Waals surface area contributed by atoms with E-state index in [9.17, 15) is 14.7 Å². The van der Waals surface area contributed by atoms with Crippen molar-refractivity contribution in [2.45, 2.75) is 19.6 Å². The molecule has 114 valence electrons. The molecule has 0 unspecified atom stereocenters. The first-order chi connectivity index (χ1) is 10.3. The minimum Gasteiger partial charge on any atom is -0.493 e. The zero-order chi connectivity index (χ0) is 16.1. The fourth-order valence-corrected chi connectivity index (χ4v) is 2.37. The monoisotopic (exact) mass is 321 g/mol. The highest BCUT2D eigenvalue weighted by atomic mass is 35.5. The van der Waals surface area contributed by atoms with Crippen LogP contribution >= 0.6 is 11.6 Å². The Morgan fingerprint density at radius 1 is 1.14 bits per heavy atom. The van der Waals surface area contributed by atoms with Crippen molar-refractivity contribution in [2.75, 3.05) is 0 Å². The lowest BCUT2D eigenvalue weighted by molar-refractivity contribution is -0.127. The molecule has 0 atom stereocenters. The van der Waals surface area contributed by atoms with E-state index in [0.717, 1.165) is 10.6 Å². The molecule has 3 rings (SSSR count). The molecule has 7 heteroatoms. The summed E-state index contributed by atoms with van der Waals surface area (Å²) in [6.07, 6.45) is 0. The van der Waals surface area contributed by atoms with Crippen LogP contribution in [0.5, 0.6) is 11.6 Å². The van der Waals surface area contributed by atoms with Crippen molar-refractivity contribution in [2.24, 2.45) is 0 Å². The third kappa shape index (κ3) is 2.31. The SMILES string of the molecule is CC1(C)OC(=O)c2c(cc(=O)n(-c3ccc(Cl)cc3)c2O)O1. The molecule has 0 spiro atoms. The summed E-state index contributed by atoms with van der Waals surface area (Å²) in [5, 5.41) is 10.8. The van der Waals surface area contributed by atoms with Crippen molar-refractivity contribution < 1.29 is 19.4 Å². The molecule has 1 aliphatic heterocycles. The Balaban J connectivity index is 2.24. The van der Waals surface area contributed by atoms with Crippen LogP contribution < -0.4 is 10.3 Å². The van der Waals surface area contributed by atoms with Gasteiger partial charge in [0.05, 0.1) is 5.69 Å². The molecule has 1 aromatic carbocycles. The Kier molecular flexibility index (Phi) is 3.14. The summed E-state index contributed by atoms with van der Waals surface area (Å²) in [4.78, 5) is 24.3. The van der Waals surface area contributed by atoms with Gasteiger partial charge in [0.15, 0.2) is 5.56 Å². The Hall–Kier alpha value is -2.47. The molecule has 1 aromatic heterocycles. The quantitative estimate of drug-likeness (QED) is 0.816. The number of esters is 1. The lowest BCUT2D eigenvalue weighted by Gasteiger charge is -2.32. The zero-order valence-corrected chi connectivity index (χ0v) is 12.5. The number of aromatic hydroxyl groups is 1. The van der Waals surface area contributed by atoms with Crippen LogP contribution in [0.1, 0.15) is 24.2 Å². The van der Waals surface area contributed by atoms with E-state index < -0.39 is 23.2 Å². The maximum Gasteiger partial charge on any atom is 0.350 e. The summed E-state index contributed by atoms with van der Waals surface area (Å²) in [7, 11) is 0. The number of fused-ring (bicyclic) bond motifs is 1. The molecular formula is C15H12ClNO5. The predicted molar refractivity (Wildman–Crippen MR) is 78.8 cm³/mol. The van der Waals surface area contributed by atoms with Gasteiger partial charge in [-0.2, -0.15) is 0 Å². The van der Waals surface area contributed by atoms with Gasteiger partial charge in [0.2, 0.25) is 11.7 Å². The first-order valence-electron chi connectivity index (χ1n) is 6.46. The molecule has 1 aliphatic rings. The fourth-order valence-electron chi connectivity index (χ4n) is 2.25. The number of pyridine rings is 1. The summed E-state index contributed by atoms with van der Waals surface area (Å²) in [5.41, 5.74) is -0.356. The molecule has 0 amide bonds. The van der Waals surface area contributed by atoms with Gasteiger partial charge in [-0.3, -0.25) is 4.79 Å². The van der Waals surface area contributed by atoms with E-state index in [2.05, 4.69) is 0 Å². The first-order valence-corrected chi connectivity index (χ1v) is 6.83. The van der Waals surface area contributed by atoms with Gasteiger partial charge in [-0.25, -0.2) is 9.36 Å². The fraction of sp³-hybridized carbons (Fsp3) is 0.200. The van der Waals surface area contributed by atoms with E-state index in [-0.39, 0.29) is 11.3 Å². The summed E-state index contributed by atoms with van der Waals surface area (Å²) in [6, 6.07) is 7.38. The molecule has 0 saturated carbocycles. The van der Waals surface area contributed by atoms with Gasteiger partial charge in [0.25, 0.3) is 5.56 Å². The third-order valence-corrected chi connectivity index (χ3v) is 3.39. The van der Waals surface area contributed by atoms with Crippen LogP contribution in [0.4, 0.5) is 0 Å². The average Bonchev–Trinajstić information content (AvgIpc) is 2.38. The molecule has 6 nitrogen and oxygen atoms in total. The molecule has 0 radical (unpaired) electrons. The van der Waals surface area contributed by atoms with Gasteiger partial charge in [-0.05, 0) is 24.3 Å². The maximum atomic E-state index is 12.3. The van der Waals surface area contributed by atoms with E-state index in [4.69, 9.17) is 21.1 Å². The molecule has 0 fully saturated rings. The summed E-state index contributed by atoms with van der Waals surface area (Å²) in [5.74, 6) is -2.50. The number of rotatable bonds is 1. The number of carbonyl (C=O) groups excluding carboxylic acids is 1. The second kappa shape index (κ2) is 4.78. The average molecular weight is 322 g/mol. The van der Waals surface area contributed by atoms with E-state index >= 15 is 0 Å². The number of nitrogens with zero attached hydrogens (tertiary/aromatic N) is 1. The predicted octanol–water partition coefficient (Wildman–Crippen LogP) is 2.48. The highest BCUT2D eigenvalue weighted by Gasteiger charge is 2.37. The molecule has 0 saturated heterocycles. The number of hydrogen-bond donors (Lipinski definition) is 1. The minimum atomic E-state index is -1.20. The van der Waals surface area contributed by atoms with Crippen LogP contribution in [0.3, 0.4) is 0 Å². The Bertz CT molecular complexity index is 823. The second-order valence-corrected chi connectivity index (χ2v) is 5.69. The Morgan fingerprint density at radius 2 is 1.77 bits per heavy atom. The van der Waals surface area contributed by atoms with Gasteiger partial charge < -0.3 is 14.6 Å². The molecule has 2 aromatic rings. The van der Waals surface area contributed by atoms with Crippen molar-refractivity contribution >= 4 is 17.6 Å². The summed E-state index contributed by atoms with van der Waals surface area (Å²) < 4.78 is 11.5. The van der Waals surface area contributed by atoms with Gasteiger partial charge in [-0.15, -0.1) is 0 Å². The second-order valence-electron chi connectivity index (χ2n) is 5.25. The van der Waals surface area contributed by atoms with Crippen molar-refractivity contribution in [3.8, 4) is 17.3 Å².